The molecule has 3 nitrogen and oxygen atoms in total. The third-order valence-corrected chi connectivity index (χ3v) is 11.2. The van der Waals surface area contributed by atoms with E-state index in [-0.39, 0.29) is 12.1 Å². The van der Waals surface area contributed by atoms with Gasteiger partial charge in [0.1, 0.15) is 5.75 Å². The van der Waals surface area contributed by atoms with E-state index in [2.05, 4.69) is 51.1 Å². The van der Waals surface area contributed by atoms with Gasteiger partial charge < -0.3 is 9.47 Å². The summed E-state index contributed by atoms with van der Waals surface area (Å²) in [6.07, 6.45) is 36.4. The van der Waals surface area contributed by atoms with E-state index in [0.29, 0.717) is 11.3 Å². The van der Waals surface area contributed by atoms with Gasteiger partial charge in [0.2, 0.25) is 0 Å². The van der Waals surface area contributed by atoms with Crippen LogP contribution >= 0.6 is 0 Å². The average molecular weight is 739 g/mol. The standard InChI is InChI=1S/C51H78O3/c1-4-6-8-10-12-14-16-17-18-19-20-21-23-25-27-31-43-53-44(3)45-35-37-46(38-36-45)47-39-41-49(42-40-47)51(52)54-50-34-30-29-33-48(50)32-28-26-24-22-15-13-11-9-7-5-2/h29-30,33-42,44H,4-28,31-32,43H2,1-3H3. The number of rotatable bonds is 33. The van der Waals surface area contributed by atoms with E-state index >= 15 is 0 Å². The molecule has 54 heavy (non-hydrogen) atoms. The van der Waals surface area contributed by atoms with Crippen LogP contribution in [0.1, 0.15) is 215 Å². The molecule has 3 rings (SSSR count). The topological polar surface area (TPSA) is 35.5 Å². The first-order chi connectivity index (χ1) is 26.6. The molecular weight excluding hydrogens is 661 g/mol. The van der Waals surface area contributed by atoms with Crippen molar-refractivity contribution < 1.29 is 14.3 Å². The van der Waals surface area contributed by atoms with E-state index in [1.165, 1.54) is 160 Å². The summed E-state index contributed by atoms with van der Waals surface area (Å²) in [5.41, 5.74) is 5.10. The molecule has 0 saturated heterocycles. The molecule has 3 aromatic rings. The number of carbonyl (C=O) groups is 1. The van der Waals surface area contributed by atoms with Crippen molar-refractivity contribution in [3.8, 4) is 16.9 Å². The second kappa shape index (κ2) is 30.3. The molecule has 3 aromatic carbocycles. The third-order valence-electron chi connectivity index (χ3n) is 11.2. The van der Waals surface area contributed by atoms with Crippen molar-refractivity contribution in [2.24, 2.45) is 0 Å². The number of hydrogen-bond acceptors (Lipinski definition) is 3. The van der Waals surface area contributed by atoms with E-state index in [1.54, 1.807) is 0 Å². The van der Waals surface area contributed by atoms with Gasteiger partial charge in [-0.1, -0.05) is 223 Å². The minimum absolute atomic E-state index is 0.0838. The molecule has 0 aliphatic carbocycles. The van der Waals surface area contributed by atoms with E-state index < -0.39 is 0 Å². The molecule has 0 aliphatic rings. The number of ether oxygens (including phenoxy) is 2. The van der Waals surface area contributed by atoms with Crippen LogP contribution < -0.4 is 4.74 Å². The monoisotopic (exact) mass is 739 g/mol. The summed E-state index contributed by atoms with van der Waals surface area (Å²) < 4.78 is 12.1. The van der Waals surface area contributed by atoms with Crippen LogP contribution in [0.4, 0.5) is 0 Å². The van der Waals surface area contributed by atoms with Crippen LogP contribution in [0.25, 0.3) is 11.1 Å². The number of para-hydroxylation sites is 1. The molecular formula is C51H78O3. The largest absolute Gasteiger partial charge is 0.423 e. The summed E-state index contributed by atoms with van der Waals surface area (Å²) in [5.74, 6) is 0.381. The Bertz CT molecular complexity index is 1330. The van der Waals surface area contributed by atoms with Crippen LogP contribution in [-0.4, -0.2) is 12.6 Å². The molecule has 1 atom stereocenters. The molecule has 0 spiro atoms. The third kappa shape index (κ3) is 20.1. The number of benzene rings is 3. The van der Waals surface area contributed by atoms with Gasteiger partial charge in [-0.05, 0) is 66.6 Å². The van der Waals surface area contributed by atoms with Gasteiger partial charge in [0.25, 0.3) is 0 Å². The number of aryl methyl sites for hydroxylation is 1. The molecule has 0 aliphatic heterocycles. The van der Waals surface area contributed by atoms with Crippen molar-refractivity contribution in [1.82, 2.24) is 0 Å². The second-order valence-corrected chi connectivity index (χ2v) is 15.9. The average Bonchev–Trinajstić information content (AvgIpc) is 3.20. The minimum Gasteiger partial charge on any atom is -0.423 e. The Balaban J connectivity index is 1.26. The van der Waals surface area contributed by atoms with Crippen molar-refractivity contribution in [1.29, 1.82) is 0 Å². The second-order valence-electron chi connectivity index (χ2n) is 15.9. The number of unbranched alkanes of at least 4 members (excludes halogenated alkanes) is 24. The molecule has 0 saturated carbocycles. The lowest BCUT2D eigenvalue weighted by atomic mass is 10.0. The van der Waals surface area contributed by atoms with E-state index in [1.807, 2.05) is 42.5 Å². The van der Waals surface area contributed by atoms with Crippen LogP contribution in [0.15, 0.2) is 72.8 Å². The first kappa shape index (κ1) is 45.5. The molecule has 0 bridgehead atoms. The van der Waals surface area contributed by atoms with E-state index in [4.69, 9.17) is 9.47 Å². The zero-order chi connectivity index (χ0) is 38.3. The number of hydrogen-bond donors (Lipinski definition) is 0. The predicted molar refractivity (Wildman–Crippen MR) is 233 cm³/mol. The van der Waals surface area contributed by atoms with Gasteiger partial charge in [0.05, 0.1) is 11.7 Å². The highest BCUT2D eigenvalue weighted by molar-refractivity contribution is 5.91. The maximum Gasteiger partial charge on any atom is 0.343 e. The van der Waals surface area contributed by atoms with Gasteiger partial charge in [-0.3, -0.25) is 0 Å². The Morgan fingerprint density at radius 2 is 0.889 bits per heavy atom. The Kier molecular flexibility index (Phi) is 25.5. The maximum atomic E-state index is 13.1. The fourth-order valence-corrected chi connectivity index (χ4v) is 7.52. The molecule has 0 aromatic heterocycles. The highest BCUT2D eigenvalue weighted by Gasteiger charge is 2.13. The van der Waals surface area contributed by atoms with Gasteiger partial charge in [-0.25, -0.2) is 4.79 Å². The molecule has 0 radical (unpaired) electrons. The Hall–Kier alpha value is -2.91. The van der Waals surface area contributed by atoms with Crippen LogP contribution in [0, 0.1) is 0 Å². The summed E-state index contributed by atoms with van der Waals surface area (Å²) in [6.45, 7) is 7.54. The Labute approximate surface area is 332 Å². The minimum atomic E-state index is -0.303. The zero-order valence-electron chi connectivity index (χ0n) is 35.0. The fraction of sp³-hybridized carbons (Fsp3) is 0.627. The van der Waals surface area contributed by atoms with Gasteiger partial charge in [-0.15, -0.1) is 0 Å². The zero-order valence-corrected chi connectivity index (χ0v) is 35.0. The molecule has 0 heterocycles. The summed E-state index contributed by atoms with van der Waals surface area (Å²) in [4.78, 5) is 13.1. The summed E-state index contributed by atoms with van der Waals surface area (Å²) >= 11 is 0. The van der Waals surface area contributed by atoms with E-state index in [9.17, 15) is 4.79 Å². The molecule has 1 unspecified atom stereocenters. The van der Waals surface area contributed by atoms with Gasteiger partial charge >= 0.3 is 5.97 Å². The summed E-state index contributed by atoms with van der Waals surface area (Å²) in [6, 6.07) is 24.4. The lowest BCUT2D eigenvalue weighted by Gasteiger charge is -2.14. The van der Waals surface area contributed by atoms with Crippen LogP contribution in [0.2, 0.25) is 0 Å². The molecule has 0 amide bonds. The highest BCUT2D eigenvalue weighted by atomic mass is 16.5. The lowest BCUT2D eigenvalue weighted by Crippen LogP contribution is -2.09. The highest BCUT2D eigenvalue weighted by Crippen LogP contribution is 2.26. The van der Waals surface area contributed by atoms with Crippen LogP contribution in [-0.2, 0) is 11.2 Å². The van der Waals surface area contributed by atoms with Gasteiger partial charge in [0.15, 0.2) is 0 Å². The normalized spacial score (nSPS) is 11.9. The number of esters is 1. The van der Waals surface area contributed by atoms with Crippen molar-refractivity contribution in [3.63, 3.8) is 0 Å². The Morgan fingerprint density at radius 1 is 0.481 bits per heavy atom. The Morgan fingerprint density at radius 3 is 1.37 bits per heavy atom. The smallest absolute Gasteiger partial charge is 0.343 e. The lowest BCUT2D eigenvalue weighted by molar-refractivity contribution is 0.0627. The van der Waals surface area contributed by atoms with Crippen LogP contribution in [0.3, 0.4) is 0 Å². The van der Waals surface area contributed by atoms with Crippen molar-refractivity contribution in [3.05, 3.63) is 89.5 Å². The quantitative estimate of drug-likeness (QED) is 0.0355. The summed E-state index contributed by atoms with van der Waals surface area (Å²) in [7, 11) is 0. The van der Waals surface area contributed by atoms with Crippen LogP contribution in [0.5, 0.6) is 5.75 Å². The maximum absolute atomic E-state index is 13.1. The number of carbonyl (C=O) groups excluding carboxylic acids is 1. The molecule has 3 heteroatoms. The van der Waals surface area contributed by atoms with Gasteiger partial charge in [-0.2, -0.15) is 0 Å². The fourth-order valence-electron chi connectivity index (χ4n) is 7.52. The molecule has 0 N–H and O–H groups in total. The predicted octanol–water partition coefficient (Wildman–Crippen LogP) is 16.4. The van der Waals surface area contributed by atoms with Crippen molar-refractivity contribution in [2.75, 3.05) is 6.61 Å². The SMILES string of the molecule is CCCCCCCCCCCCCCCCCCOC(C)c1ccc(-c2ccc(C(=O)Oc3ccccc3CCCCCCCCCCCC)cc2)cc1. The van der Waals surface area contributed by atoms with Crippen molar-refractivity contribution >= 4 is 5.97 Å². The van der Waals surface area contributed by atoms with E-state index in [0.717, 1.165) is 42.6 Å². The van der Waals surface area contributed by atoms with Crippen molar-refractivity contribution in [2.45, 2.75) is 200 Å². The molecule has 0 fully saturated rings. The first-order valence-electron chi connectivity index (χ1n) is 22.7. The van der Waals surface area contributed by atoms with Gasteiger partial charge in [0, 0.05) is 6.61 Å². The first-order valence-corrected chi connectivity index (χ1v) is 22.7. The molecule has 300 valence electrons. The summed E-state index contributed by atoms with van der Waals surface area (Å²) in [5, 5.41) is 0.